The van der Waals surface area contributed by atoms with Crippen LogP contribution in [0.5, 0.6) is 5.75 Å². The average molecular weight is 390 g/mol. The van der Waals surface area contributed by atoms with E-state index in [0.29, 0.717) is 21.6 Å². The molecule has 0 saturated heterocycles. The zero-order chi connectivity index (χ0) is 15.4. The average Bonchev–Trinajstić information content (AvgIpc) is 2.44. The third-order valence-electron chi connectivity index (χ3n) is 2.67. The molecule has 0 bridgehead atoms. The zero-order valence-electron chi connectivity index (χ0n) is 11.0. The number of pyridine rings is 1. The summed E-state index contributed by atoms with van der Waals surface area (Å²) < 4.78 is 5.93. The van der Waals surface area contributed by atoms with Gasteiger partial charge in [0.1, 0.15) is 16.6 Å². The number of rotatable bonds is 4. The fraction of sp³-hybridized carbons (Fsp3) is 0.143. The van der Waals surface area contributed by atoms with E-state index in [0.717, 1.165) is 10.0 Å². The quantitative estimate of drug-likeness (QED) is 0.845. The predicted molar refractivity (Wildman–Crippen MR) is 87.3 cm³/mol. The van der Waals surface area contributed by atoms with Crippen molar-refractivity contribution in [2.45, 2.75) is 6.42 Å². The maximum absolute atomic E-state index is 12.0. The van der Waals surface area contributed by atoms with Crippen LogP contribution in [0.25, 0.3) is 0 Å². The van der Waals surface area contributed by atoms with Crippen molar-refractivity contribution < 1.29 is 9.53 Å². The van der Waals surface area contributed by atoms with E-state index in [-0.39, 0.29) is 12.3 Å². The number of hydrogen-bond acceptors (Lipinski definition) is 3. The molecule has 1 amide bonds. The van der Waals surface area contributed by atoms with Crippen LogP contribution in [0.15, 0.2) is 34.9 Å². The highest BCUT2D eigenvalue weighted by Crippen LogP contribution is 2.26. The van der Waals surface area contributed by atoms with Crippen LogP contribution in [0.2, 0.25) is 10.0 Å². The van der Waals surface area contributed by atoms with E-state index in [4.69, 9.17) is 27.9 Å². The summed E-state index contributed by atoms with van der Waals surface area (Å²) in [5, 5.41) is 3.58. The lowest BCUT2D eigenvalue weighted by Crippen LogP contribution is -2.15. The summed E-state index contributed by atoms with van der Waals surface area (Å²) in [6, 6.07) is 6.93. The number of hydrogen-bond donors (Lipinski definition) is 1. The number of aromatic nitrogens is 1. The number of carbonyl (C=O) groups excluding carboxylic acids is 1. The first kappa shape index (κ1) is 16.1. The van der Waals surface area contributed by atoms with Gasteiger partial charge < -0.3 is 10.1 Å². The summed E-state index contributed by atoms with van der Waals surface area (Å²) in [6.07, 6.45) is 1.57. The molecule has 1 heterocycles. The van der Waals surface area contributed by atoms with Gasteiger partial charge in [0.25, 0.3) is 0 Å². The van der Waals surface area contributed by atoms with Gasteiger partial charge in [-0.3, -0.25) is 4.79 Å². The molecule has 2 rings (SSSR count). The Balaban J connectivity index is 2.08. The van der Waals surface area contributed by atoms with Gasteiger partial charge in [0.15, 0.2) is 0 Å². The Morgan fingerprint density at radius 2 is 2.10 bits per heavy atom. The molecule has 0 atom stereocenters. The summed E-state index contributed by atoms with van der Waals surface area (Å²) in [5.74, 6) is 0.592. The summed E-state index contributed by atoms with van der Waals surface area (Å²) in [7, 11) is 1.49. The molecule has 110 valence electrons. The van der Waals surface area contributed by atoms with Crippen LogP contribution >= 0.6 is 39.1 Å². The van der Waals surface area contributed by atoms with Gasteiger partial charge in [0.05, 0.1) is 19.7 Å². The summed E-state index contributed by atoms with van der Waals surface area (Å²) in [4.78, 5) is 16.0. The van der Waals surface area contributed by atoms with Crippen molar-refractivity contribution in [1.29, 1.82) is 0 Å². The zero-order valence-corrected chi connectivity index (χ0v) is 14.1. The molecule has 0 unspecified atom stereocenters. The van der Waals surface area contributed by atoms with Gasteiger partial charge in [0.2, 0.25) is 5.91 Å². The molecule has 0 aliphatic rings. The molecule has 4 nitrogen and oxygen atoms in total. The molecule has 21 heavy (non-hydrogen) atoms. The summed E-state index contributed by atoms with van der Waals surface area (Å²) in [6.45, 7) is 0. The molecule has 0 aliphatic carbocycles. The van der Waals surface area contributed by atoms with Crippen LogP contribution < -0.4 is 10.1 Å². The van der Waals surface area contributed by atoms with Gasteiger partial charge in [0, 0.05) is 15.6 Å². The molecule has 0 saturated carbocycles. The monoisotopic (exact) mass is 388 g/mol. The number of nitrogens with one attached hydrogen (secondary N) is 1. The molecule has 1 aromatic carbocycles. The molecule has 0 radical (unpaired) electrons. The van der Waals surface area contributed by atoms with Crippen molar-refractivity contribution in [3.8, 4) is 5.75 Å². The minimum atomic E-state index is -0.226. The SMILES string of the molecule is COc1cc(NC(=O)Cc2ccc(Br)cc2Cl)ncc1Cl. The molecule has 7 heteroatoms. The Kier molecular flexibility index (Phi) is 5.45. The Morgan fingerprint density at radius 3 is 2.76 bits per heavy atom. The van der Waals surface area contributed by atoms with Crippen LogP contribution in [0.4, 0.5) is 5.82 Å². The minimum absolute atomic E-state index is 0.152. The minimum Gasteiger partial charge on any atom is -0.495 e. The van der Waals surface area contributed by atoms with Crippen molar-refractivity contribution in [2.75, 3.05) is 12.4 Å². The van der Waals surface area contributed by atoms with E-state index in [1.807, 2.05) is 6.07 Å². The largest absolute Gasteiger partial charge is 0.495 e. The fourth-order valence-corrected chi connectivity index (χ4v) is 2.59. The van der Waals surface area contributed by atoms with E-state index in [9.17, 15) is 4.79 Å². The molecule has 0 aliphatic heterocycles. The van der Waals surface area contributed by atoms with Gasteiger partial charge in [-0.25, -0.2) is 4.98 Å². The number of carbonyl (C=O) groups is 1. The number of ether oxygens (including phenoxy) is 1. The van der Waals surface area contributed by atoms with Gasteiger partial charge in [-0.15, -0.1) is 0 Å². The van der Waals surface area contributed by atoms with Crippen molar-refractivity contribution >= 4 is 50.9 Å². The highest BCUT2D eigenvalue weighted by molar-refractivity contribution is 9.10. The lowest BCUT2D eigenvalue weighted by molar-refractivity contribution is -0.115. The van der Waals surface area contributed by atoms with Crippen LogP contribution in [-0.4, -0.2) is 18.0 Å². The third-order valence-corrected chi connectivity index (χ3v) is 3.80. The number of anilines is 1. The third kappa shape index (κ3) is 4.33. The molecule has 0 fully saturated rings. The van der Waals surface area contributed by atoms with E-state index in [1.165, 1.54) is 13.3 Å². The van der Waals surface area contributed by atoms with Gasteiger partial charge in [-0.1, -0.05) is 45.2 Å². The van der Waals surface area contributed by atoms with Gasteiger partial charge in [-0.05, 0) is 17.7 Å². The van der Waals surface area contributed by atoms with Crippen molar-refractivity contribution in [2.24, 2.45) is 0 Å². The van der Waals surface area contributed by atoms with Crippen molar-refractivity contribution in [3.63, 3.8) is 0 Å². The maximum Gasteiger partial charge on any atom is 0.230 e. The van der Waals surface area contributed by atoms with E-state index >= 15 is 0 Å². The van der Waals surface area contributed by atoms with Crippen molar-refractivity contribution in [1.82, 2.24) is 4.98 Å². The molecule has 1 N–H and O–H groups in total. The highest BCUT2D eigenvalue weighted by atomic mass is 79.9. The maximum atomic E-state index is 12.0. The van der Waals surface area contributed by atoms with Crippen LogP contribution in [0, 0.1) is 0 Å². The van der Waals surface area contributed by atoms with Crippen LogP contribution in [-0.2, 0) is 11.2 Å². The topological polar surface area (TPSA) is 51.2 Å². The fourth-order valence-electron chi connectivity index (χ4n) is 1.67. The molecular formula is C14H11BrCl2N2O2. The number of benzene rings is 1. The molecule has 1 aromatic heterocycles. The lowest BCUT2D eigenvalue weighted by Gasteiger charge is -2.08. The van der Waals surface area contributed by atoms with Gasteiger partial charge >= 0.3 is 0 Å². The standard InChI is InChI=1S/C14H11BrCl2N2O2/c1-21-12-6-13(18-7-11(12)17)19-14(20)4-8-2-3-9(15)5-10(8)16/h2-3,5-7H,4H2,1H3,(H,18,19,20). The Hall–Kier alpha value is -1.30. The predicted octanol–water partition coefficient (Wildman–Crippen LogP) is 4.34. The molecular weight excluding hydrogens is 379 g/mol. The van der Waals surface area contributed by atoms with E-state index in [1.54, 1.807) is 18.2 Å². The second-order valence-corrected chi connectivity index (χ2v) is 5.89. The Bertz CT molecular complexity index is 680. The normalized spacial score (nSPS) is 10.3. The van der Waals surface area contributed by atoms with Crippen LogP contribution in [0.3, 0.4) is 0 Å². The number of halogens is 3. The number of methoxy groups -OCH3 is 1. The second-order valence-electron chi connectivity index (χ2n) is 4.16. The summed E-state index contributed by atoms with van der Waals surface area (Å²) >= 11 is 15.3. The lowest BCUT2D eigenvalue weighted by atomic mass is 10.1. The first-order chi connectivity index (χ1) is 9.99. The number of nitrogens with zero attached hydrogens (tertiary/aromatic N) is 1. The smallest absolute Gasteiger partial charge is 0.230 e. The Labute approximate surface area is 140 Å². The second kappa shape index (κ2) is 7.11. The number of amides is 1. The van der Waals surface area contributed by atoms with Gasteiger partial charge in [-0.2, -0.15) is 0 Å². The molecule has 2 aromatic rings. The first-order valence-corrected chi connectivity index (χ1v) is 7.48. The highest BCUT2D eigenvalue weighted by Gasteiger charge is 2.10. The molecule has 0 spiro atoms. The Morgan fingerprint density at radius 1 is 1.33 bits per heavy atom. The first-order valence-electron chi connectivity index (χ1n) is 5.93. The summed E-state index contributed by atoms with van der Waals surface area (Å²) in [5.41, 5.74) is 0.735. The van der Waals surface area contributed by atoms with Crippen molar-refractivity contribution in [3.05, 3.63) is 50.5 Å². The van der Waals surface area contributed by atoms with E-state index in [2.05, 4.69) is 26.2 Å². The van der Waals surface area contributed by atoms with E-state index < -0.39 is 0 Å². The van der Waals surface area contributed by atoms with Crippen LogP contribution in [0.1, 0.15) is 5.56 Å².